The summed E-state index contributed by atoms with van der Waals surface area (Å²) in [7, 11) is 1.73. The predicted molar refractivity (Wildman–Crippen MR) is 105 cm³/mol. The van der Waals surface area contributed by atoms with Crippen molar-refractivity contribution >= 4 is 39.2 Å². The maximum absolute atomic E-state index is 12.6. The van der Waals surface area contributed by atoms with Crippen LogP contribution in [0.15, 0.2) is 9.95 Å². The van der Waals surface area contributed by atoms with Gasteiger partial charge in [-0.1, -0.05) is 31.5 Å². The zero-order chi connectivity index (χ0) is 18.1. The Bertz CT molecular complexity index is 856. The second kappa shape index (κ2) is 7.50. The maximum Gasteiger partial charge on any atom is 0.262 e. The van der Waals surface area contributed by atoms with Gasteiger partial charge in [0, 0.05) is 18.0 Å². The van der Waals surface area contributed by atoms with Gasteiger partial charge in [0.25, 0.3) is 5.56 Å². The van der Waals surface area contributed by atoms with E-state index >= 15 is 0 Å². The van der Waals surface area contributed by atoms with Gasteiger partial charge >= 0.3 is 0 Å². The fraction of sp³-hybridized carbons (Fsp3) is 0.611. The number of thioether (sulfide) groups is 1. The van der Waals surface area contributed by atoms with Crippen LogP contribution in [-0.4, -0.2) is 27.3 Å². The zero-order valence-electron chi connectivity index (χ0n) is 15.2. The SMILES string of the molecule is Cc1sc2nc(SCC(=O)N[C@H]3CCCC[C@@H]3C)n(C)c(=O)c2c1C. The Balaban J connectivity index is 1.71. The molecule has 136 valence electrons. The summed E-state index contributed by atoms with van der Waals surface area (Å²) in [6, 6.07) is 0.281. The second-order valence-corrected chi connectivity index (χ2v) is 9.09. The van der Waals surface area contributed by atoms with Crippen LogP contribution in [-0.2, 0) is 11.8 Å². The minimum atomic E-state index is -0.0318. The first-order valence-electron chi connectivity index (χ1n) is 8.77. The number of fused-ring (bicyclic) bond motifs is 1. The Morgan fingerprint density at radius 1 is 1.36 bits per heavy atom. The van der Waals surface area contributed by atoms with Crippen LogP contribution in [0, 0.1) is 19.8 Å². The van der Waals surface area contributed by atoms with Gasteiger partial charge in [0.1, 0.15) is 4.83 Å². The molecule has 0 radical (unpaired) electrons. The number of nitrogens with zero attached hydrogens (tertiary/aromatic N) is 2. The molecule has 2 aromatic heterocycles. The molecular weight excluding hydrogens is 354 g/mol. The summed E-state index contributed by atoms with van der Waals surface area (Å²) in [5.74, 6) is 0.855. The van der Waals surface area contributed by atoms with Crippen molar-refractivity contribution in [2.45, 2.75) is 57.7 Å². The van der Waals surface area contributed by atoms with Crippen LogP contribution in [0.1, 0.15) is 43.0 Å². The first kappa shape index (κ1) is 18.5. The standard InChI is InChI=1S/C18H25N3O2S2/c1-10-7-5-6-8-13(10)19-14(22)9-24-18-20-16-15(17(23)21(18)4)11(2)12(3)25-16/h10,13H,5-9H2,1-4H3,(H,19,22)/t10-,13-/m0/s1. The van der Waals surface area contributed by atoms with E-state index < -0.39 is 0 Å². The molecule has 25 heavy (non-hydrogen) atoms. The van der Waals surface area contributed by atoms with E-state index in [-0.39, 0.29) is 17.5 Å². The van der Waals surface area contributed by atoms with Crippen molar-refractivity contribution in [3.63, 3.8) is 0 Å². The van der Waals surface area contributed by atoms with Gasteiger partial charge < -0.3 is 5.32 Å². The molecule has 0 unspecified atom stereocenters. The minimum Gasteiger partial charge on any atom is -0.352 e. The molecule has 1 saturated carbocycles. The highest BCUT2D eigenvalue weighted by atomic mass is 32.2. The lowest BCUT2D eigenvalue weighted by Crippen LogP contribution is -2.41. The number of hydrogen-bond donors (Lipinski definition) is 1. The zero-order valence-corrected chi connectivity index (χ0v) is 16.9. The van der Waals surface area contributed by atoms with Crippen LogP contribution in [0.3, 0.4) is 0 Å². The fourth-order valence-electron chi connectivity index (χ4n) is 3.39. The maximum atomic E-state index is 12.6. The first-order valence-corrected chi connectivity index (χ1v) is 10.6. The van der Waals surface area contributed by atoms with E-state index in [9.17, 15) is 9.59 Å². The van der Waals surface area contributed by atoms with Crippen molar-refractivity contribution in [1.82, 2.24) is 14.9 Å². The van der Waals surface area contributed by atoms with Crippen LogP contribution in [0.5, 0.6) is 0 Å². The monoisotopic (exact) mass is 379 g/mol. The molecule has 2 atom stereocenters. The van der Waals surface area contributed by atoms with Gasteiger partial charge in [-0.05, 0) is 38.2 Å². The van der Waals surface area contributed by atoms with Crippen molar-refractivity contribution in [3.8, 4) is 0 Å². The average Bonchev–Trinajstić information content (AvgIpc) is 2.86. The molecule has 5 nitrogen and oxygen atoms in total. The summed E-state index contributed by atoms with van der Waals surface area (Å²) < 4.78 is 1.56. The van der Waals surface area contributed by atoms with E-state index in [0.717, 1.165) is 21.7 Å². The van der Waals surface area contributed by atoms with Crippen LogP contribution >= 0.6 is 23.1 Å². The lowest BCUT2D eigenvalue weighted by molar-refractivity contribution is -0.119. The van der Waals surface area contributed by atoms with Gasteiger partial charge in [0.15, 0.2) is 5.16 Å². The highest BCUT2D eigenvalue weighted by molar-refractivity contribution is 7.99. The predicted octanol–water partition coefficient (Wildman–Crippen LogP) is 3.40. The Kier molecular flexibility index (Phi) is 5.53. The average molecular weight is 380 g/mol. The van der Waals surface area contributed by atoms with Gasteiger partial charge in [-0.25, -0.2) is 4.98 Å². The quantitative estimate of drug-likeness (QED) is 0.653. The molecule has 0 aromatic carbocycles. The summed E-state index contributed by atoms with van der Waals surface area (Å²) in [6.07, 6.45) is 4.69. The van der Waals surface area contributed by atoms with Gasteiger partial charge in [0.2, 0.25) is 5.91 Å². The Morgan fingerprint density at radius 2 is 2.08 bits per heavy atom. The number of rotatable bonds is 4. The van der Waals surface area contributed by atoms with E-state index in [2.05, 4.69) is 17.2 Å². The van der Waals surface area contributed by atoms with Crippen molar-refractivity contribution < 1.29 is 4.79 Å². The second-order valence-electron chi connectivity index (χ2n) is 6.95. The van der Waals surface area contributed by atoms with E-state index in [4.69, 9.17) is 0 Å². The number of nitrogens with one attached hydrogen (secondary N) is 1. The van der Waals surface area contributed by atoms with Crippen molar-refractivity contribution in [3.05, 3.63) is 20.8 Å². The number of aryl methyl sites for hydroxylation is 2. The van der Waals surface area contributed by atoms with Crippen molar-refractivity contribution in [2.24, 2.45) is 13.0 Å². The van der Waals surface area contributed by atoms with Gasteiger partial charge in [-0.2, -0.15) is 0 Å². The summed E-state index contributed by atoms with van der Waals surface area (Å²) in [5, 5.41) is 4.46. The lowest BCUT2D eigenvalue weighted by Gasteiger charge is -2.29. The molecule has 1 amide bonds. The Morgan fingerprint density at radius 3 is 2.80 bits per heavy atom. The van der Waals surface area contributed by atoms with Crippen molar-refractivity contribution in [2.75, 3.05) is 5.75 Å². The third-order valence-electron chi connectivity index (χ3n) is 5.16. The van der Waals surface area contributed by atoms with Crippen LogP contribution in [0.2, 0.25) is 0 Å². The normalized spacial score (nSPS) is 20.8. The molecule has 1 fully saturated rings. The minimum absolute atomic E-state index is 0.0247. The number of thiophene rings is 1. The molecular formula is C18H25N3O2S2. The largest absolute Gasteiger partial charge is 0.352 e. The lowest BCUT2D eigenvalue weighted by atomic mass is 9.86. The van der Waals surface area contributed by atoms with Crippen LogP contribution < -0.4 is 10.9 Å². The molecule has 0 aliphatic heterocycles. The molecule has 3 rings (SSSR count). The highest BCUT2D eigenvalue weighted by Gasteiger charge is 2.23. The Labute approximate surface area is 156 Å². The molecule has 0 bridgehead atoms. The highest BCUT2D eigenvalue weighted by Crippen LogP contribution is 2.28. The smallest absolute Gasteiger partial charge is 0.262 e. The van der Waals surface area contributed by atoms with Gasteiger partial charge in [-0.15, -0.1) is 11.3 Å². The molecule has 1 aliphatic rings. The van der Waals surface area contributed by atoms with Gasteiger partial charge in [0.05, 0.1) is 11.1 Å². The topological polar surface area (TPSA) is 64.0 Å². The number of aromatic nitrogens is 2. The van der Waals surface area contributed by atoms with E-state index in [0.29, 0.717) is 22.2 Å². The Hall–Kier alpha value is -1.34. The number of carbonyl (C=O) groups excluding carboxylic acids is 1. The van der Waals surface area contributed by atoms with E-state index in [1.165, 1.54) is 31.0 Å². The van der Waals surface area contributed by atoms with E-state index in [1.807, 2.05) is 13.8 Å². The summed E-state index contributed by atoms with van der Waals surface area (Å²) in [4.78, 5) is 31.4. The summed E-state index contributed by atoms with van der Waals surface area (Å²) >= 11 is 2.88. The molecule has 0 saturated heterocycles. The summed E-state index contributed by atoms with van der Waals surface area (Å²) in [5.41, 5.74) is 0.976. The first-order chi connectivity index (χ1) is 11.9. The fourth-order valence-corrected chi connectivity index (χ4v) is 5.25. The molecule has 1 N–H and O–H groups in total. The molecule has 2 aromatic rings. The number of amides is 1. The third kappa shape index (κ3) is 3.77. The molecule has 1 aliphatic carbocycles. The third-order valence-corrected chi connectivity index (χ3v) is 7.29. The number of hydrogen-bond acceptors (Lipinski definition) is 5. The summed E-state index contributed by atoms with van der Waals surface area (Å²) in [6.45, 7) is 6.17. The van der Waals surface area contributed by atoms with Crippen LogP contribution in [0.4, 0.5) is 0 Å². The van der Waals surface area contributed by atoms with Crippen LogP contribution in [0.25, 0.3) is 10.2 Å². The number of carbonyl (C=O) groups is 1. The van der Waals surface area contributed by atoms with Gasteiger partial charge in [-0.3, -0.25) is 14.2 Å². The molecule has 0 spiro atoms. The van der Waals surface area contributed by atoms with Crippen molar-refractivity contribution in [1.29, 1.82) is 0 Å². The molecule has 2 heterocycles. The molecule has 7 heteroatoms. The van der Waals surface area contributed by atoms with E-state index in [1.54, 1.807) is 23.0 Å².